The van der Waals surface area contributed by atoms with Crippen LogP contribution in [0.1, 0.15) is 47.8 Å². The van der Waals surface area contributed by atoms with Gasteiger partial charge in [-0.1, -0.05) is 41.5 Å². The molecule has 1 aromatic rings. The second kappa shape index (κ2) is 10.1. The third-order valence-corrected chi connectivity index (χ3v) is 16.6. The number of aliphatic hydroxyl groups excluding tert-OH is 1. The molecule has 2 heterocycles. The van der Waals surface area contributed by atoms with Crippen LogP contribution < -0.4 is 11.2 Å². The van der Waals surface area contributed by atoms with Crippen LogP contribution in [0.15, 0.2) is 21.9 Å². The van der Waals surface area contributed by atoms with Gasteiger partial charge in [-0.3, -0.25) is 14.2 Å². The molecule has 1 aliphatic heterocycles. The second-order valence-electron chi connectivity index (χ2n) is 12.3. The number of hydrogen-bond acceptors (Lipinski definition) is 7. The largest absolute Gasteiger partial charge is 0.480 e. The Morgan fingerprint density at radius 2 is 1.60 bits per heavy atom. The van der Waals surface area contributed by atoms with Gasteiger partial charge in [-0.2, -0.15) is 0 Å². The highest BCUT2D eigenvalue weighted by molar-refractivity contribution is 6.74. The minimum absolute atomic E-state index is 0.0454. The lowest BCUT2D eigenvalue weighted by molar-refractivity contribution is -0.137. The monoisotopic (exact) mass is 530 g/mol. The van der Waals surface area contributed by atoms with E-state index in [4.69, 9.17) is 18.7 Å². The van der Waals surface area contributed by atoms with Crippen LogP contribution in [0.25, 0.3) is 0 Å². The molecule has 0 bridgehead atoms. The summed E-state index contributed by atoms with van der Waals surface area (Å²) in [6, 6.07) is 1.11. The van der Waals surface area contributed by atoms with Gasteiger partial charge in [-0.15, -0.1) is 0 Å². The molecule has 4 atom stereocenters. The molecule has 0 spiro atoms. The predicted octanol–water partition coefficient (Wildman–Crippen LogP) is 2.77. The van der Waals surface area contributed by atoms with Crippen LogP contribution in [-0.2, 0) is 24.9 Å². The summed E-state index contributed by atoms with van der Waals surface area (Å²) in [7, 11) is -4.57. The number of aromatic nitrogens is 2. The Kier molecular flexibility index (Phi) is 8.52. The number of ether oxygens (including phenoxy) is 1. The van der Waals surface area contributed by atoms with Crippen LogP contribution in [-0.4, -0.2) is 66.9 Å². The fourth-order valence-corrected chi connectivity index (χ4v) is 5.54. The first kappa shape index (κ1) is 29.7. The Hall–Kier alpha value is -1.58. The van der Waals surface area contributed by atoms with Gasteiger partial charge in [0.25, 0.3) is 5.56 Å². The topological polar surface area (TPSA) is 129 Å². The summed E-state index contributed by atoms with van der Waals surface area (Å²) in [5, 5.41) is 20.2. The van der Waals surface area contributed by atoms with Gasteiger partial charge in [0.05, 0.1) is 6.61 Å². The minimum Gasteiger partial charge on any atom is -0.480 e. The predicted molar refractivity (Wildman–Crippen MR) is 138 cm³/mol. The Labute approximate surface area is 209 Å². The highest BCUT2D eigenvalue weighted by Gasteiger charge is 2.51. The van der Waals surface area contributed by atoms with Crippen molar-refractivity contribution in [1.29, 1.82) is 0 Å². The average Bonchev–Trinajstić information content (AvgIpc) is 2.97. The van der Waals surface area contributed by atoms with Gasteiger partial charge in [0.1, 0.15) is 24.9 Å². The third-order valence-electron chi connectivity index (χ3n) is 7.63. The molecular weight excluding hydrogens is 488 g/mol. The summed E-state index contributed by atoms with van der Waals surface area (Å²) < 4.78 is 20.8. The lowest BCUT2D eigenvalue weighted by atomic mass is 10.1. The Morgan fingerprint density at radius 1 is 1.06 bits per heavy atom. The molecule has 200 valence electrons. The lowest BCUT2D eigenvalue weighted by Gasteiger charge is -2.40. The van der Waals surface area contributed by atoms with Gasteiger partial charge in [0.15, 0.2) is 22.9 Å². The molecule has 1 aliphatic rings. The summed E-state index contributed by atoms with van der Waals surface area (Å²) >= 11 is 0. The van der Waals surface area contributed by atoms with Gasteiger partial charge in [-0.05, 0) is 36.3 Å². The highest BCUT2D eigenvalue weighted by Crippen LogP contribution is 2.42. The van der Waals surface area contributed by atoms with Crippen molar-refractivity contribution in [2.45, 2.75) is 109 Å². The molecule has 1 aromatic heterocycles. The van der Waals surface area contributed by atoms with Crippen LogP contribution in [0.3, 0.4) is 0 Å². The van der Waals surface area contributed by atoms with E-state index in [0.29, 0.717) is 4.57 Å². The van der Waals surface area contributed by atoms with E-state index in [9.17, 15) is 19.5 Å². The quantitative estimate of drug-likeness (QED) is 0.491. The van der Waals surface area contributed by atoms with E-state index in [0.717, 1.165) is 10.6 Å². The van der Waals surface area contributed by atoms with E-state index in [-0.39, 0.29) is 16.7 Å². The molecular formula is C23H42N2O8Si2. The molecule has 0 amide bonds. The Morgan fingerprint density at radius 3 is 2.09 bits per heavy atom. The molecule has 1 fully saturated rings. The van der Waals surface area contributed by atoms with E-state index in [1.165, 1.54) is 6.20 Å². The number of nitrogens with zero attached hydrogens (tertiary/aromatic N) is 2. The van der Waals surface area contributed by atoms with Crippen LogP contribution in [0, 0.1) is 0 Å². The number of aliphatic hydroxyl groups is 1. The molecule has 2 rings (SSSR count). The summed E-state index contributed by atoms with van der Waals surface area (Å²) in [6.45, 7) is 20.1. The molecule has 35 heavy (non-hydrogen) atoms. The van der Waals surface area contributed by atoms with Crippen molar-refractivity contribution >= 4 is 22.6 Å². The van der Waals surface area contributed by atoms with E-state index in [2.05, 4.69) is 54.6 Å². The number of hydrogen-bond donors (Lipinski definition) is 2. The van der Waals surface area contributed by atoms with E-state index in [1.54, 1.807) is 0 Å². The standard InChI is InChI=1S/C23H42N2O8Si2/c1-22(2,3)34(7,8)31-14-15-18(29)19(33-35(9,10)23(4,5)6)20(32-15)24-12-11-16(26)25(21(24)30)13-17(27)28/h11-12,15,18-20,29H,13-14H2,1-10H3,(H,27,28)/t15-,18-,19-,20-/m1/s1. The van der Waals surface area contributed by atoms with Crippen LogP contribution in [0.5, 0.6) is 0 Å². The van der Waals surface area contributed by atoms with Crippen molar-refractivity contribution in [1.82, 2.24) is 9.13 Å². The van der Waals surface area contributed by atoms with Gasteiger partial charge >= 0.3 is 11.7 Å². The lowest BCUT2D eigenvalue weighted by Crippen LogP contribution is -2.51. The second-order valence-corrected chi connectivity index (χ2v) is 21.9. The van der Waals surface area contributed by atoms with Crippen LogP contribution in [0.4, 0.5) is 0 Å². The maximum Gasteiger partial charge on any atom is 0.333 e. The molecule has 0 aromatic carbocycles. The summed E-state index contributed by atoms with van der Waals surface area (Å²) in [5.74, 6) is -1.32. The van der Waals surface area contributed by atoms with Crippen LogP contribution in [0.2, 0.25) is 36.3 Å². The molecule has 0 unspecified atom stereocenters. The molecule has 12 heteroatoms. The molecule has 10 nitrogen and oxygen atoms in total. The van der Waals surface area contributed by atoms with Crippen molar-refractivity contribution in [2.24, 2.45) is 0 Å². The molecule has 0 aliphatic carbocycles. The maximum absolute atomic E-state index is 13.1. The van der Waals surface area contributed by atoms with Gasteiger partial charge < -0.3 is 23.8 Å². The van der Waals surface area contributed by atoms with Crippen molar-refractivity contribution in [3.05, 3.63) is 33.1 Å². The first-order chi connectivity index (χ1) is 15.7. The maximum atomic E-state index is 13.1. The smallest absolute Gasteiger partial charge is 0.333 e. The first-order valence-corrected chi connectivity index (χ1v) is 17.7. The average molecular weight is 531 g/mol. The zero-order valence-electron chi connectivity index (χ0n) is 22.6. The molecule has 0 radical (unpaired) electrons. The summed E-state index contributed by atoms with van der Waals surface area (Å²) in [5.41, 5.74) is -1.57. The third kappa shape index (κ3) is 6.41. The minimum atomic E-state index is -2.42. The number of aliphatic carboxylic acids is 1. The van der Waals surface area contributed by atoms with Gasteiger partial charge in [0, 0.05) is 12.3 Å². The fraction of sp³-hybridized carbons (Fsp3) is 0.783. The van der Waals surface area contributed by atoms with E-state index >= 15 is 0 Å². The van der Waals surface area contributed by atoms with Crippen molar-refractivity contribution in [3.63, 3.8) is 0 Å². The SMILES string of the molecule is CC(C)(C)[Si](C)(C)OC[C@H]1O[C@@H](n2ccc(=O)n(CC(=O)O)c2=O)[C@H](O[Si](C)(C)C(C)(C)C)[C@@H]1O. The number of carboxylic acids is 1. The van der Waals surface area contributed by atoms with Crippen molar-refractivity contribution in [3.8, 4) is 0 Å². The first-order valence-electron chi connectivity index (χ1n) is 11.9. The number of rotatable bonds is 8. The van der Waals surface area contributed by atoms with Crippen molar-refractivity contribution < 1.29 is 28.6 Å². The van der Waals surface area contributed by atoms with Gasteiger partial charge in [0.2, 0.25) is 0 Å². The fourth-order valence-electron chi connectivity index (χ4n) is 3.24. The van der Waals surface area contributed by atoms with Crippen LogP contribution >= 0.6 is 0 Å². The van der Waals surface area contributed by atoms with E-state index in [1.807, 2.05) is 13.1 Å². The normalized spacial score (nSPS) is 24.1. The highest BCUT2D eigenvalue weighted by atomic mass is 28.4. The molecule has 1 saturated heterocycles. The molecule has 2 N–H and O–H groups in total. The Balaban J connectivity index is 2.50. The van der Waals surface area contributed by atoms with Gasteiger partial charge in [-0.25, -0.2) is 9.36 Å². The van der Waals surface area contributed by atoms with Crippen molar-refractivity contribution in [2.75, 3.05) is 6.61 Å². The van der Waals surface area contributed by atoms with E-state index < -0.39 is 64.9 Å². The zero-order chi connectivity index (χ0) is 27.1. The summed E-state index contributed by atoms with van der Waals surface area (Å²) in [6.07, 6.45) is -2.56. The summed E-state index contributed by atoms with van der Waals surface area (Å²) in [4.78, 5) is 36.5. The number of carbonyl (C=O) groups is 1. The molecule has 0 saturated carbocycles. The number of carboxylic acid groups (broad SMARTS) is 1. The zero-order valence-corrected chi connectivity index (χ0v) is 24.6. The Bertz CT molecular complexity index is 1040.